The summed E-state index contributed by atoms with van der Waals surface area (Å²) in [6.45, 7) is 0.962. The Morgan fingerprint density at radius 3 is 2.36 bits per heavy atom. The fraction of sp³-hybridized carbons (Fsp3) is 0.500. The lowest BCUT2D eigenvalue weighted by molar-refractivity contribution is 0.00450. The van der Waals surface area contributed by atoms with Crippen LogP contribution in [0.25, 0.3) is 0 Å². The Balaban J connectivity index is 2.27. The smallest absolute Gasteiger partial charge is 0.243 e. The van der Waals surface area contributed by atoms with Crippen LogP contribution in [0.5, 0.6) is 0 Å². The fourth-order valence-corrected chi connectivity index (χ4v) is 4.30. The molecular weight excluding hydrogens is 330 g/mol. The van der Waals surface area contributed by atoms with Crippen molar-refractivity contribution in [1.29, 1.82) is 0 Å². The summed E-state index contributed by atoms with van der Waals surface area (Å²) in [6.07, 6.45) is -0.326. The summed E-state index contributed by atoms with van der Waals surface area (Å²) in [7, 11) is -5.99. The number of benzene rings is 1. The zero-order valence-corrected chi connectivity index (χ0v) is 13.7. The number of hydrogen-bond donors (Lipinski definition) is 2. The highest BCUT2D eigenvalue weighted by molar-refractivity contribution is 7.89. The highest BCUT2D eigenvalue weighted by Crippen LogP contribution is 2.20. The molecule has 0 aliphatic carbocycles. The Morgan fingerprint density at radius 1 is 1.23 bits per heavy atom. The van der Waals surface area contributed by atoms with Crippen LogP contribution in [0, 0.1) is 0 Å². The van der Waals surface area contributed by atoms with E-state index in [1.165, 1.54) is 35.6 Å². The average molecular weight is 349 g/mol. The molecule has 1 aliphatic heterocycles. The van der Waals surface area contributed by atoms with Crippen molar-refractivity contribution >= 4 is 20.0 Å². The molecule has 0 saturated carbocycles. The van der Waals surface area contributed by atoms with Crippen molar-refractivity contribution in [3.8, 4) is 0 Å². The topological polar surface area (TPSA) is 119 Å². The molecule has 1 atom stereocenters. The molecule has 0 bridgehead atoms. The van der Waals surface area contributed by atoms with Gasteiger partial charge < -0.3 is 10.5 Å². The van der Waals surface area contributed by atoms with Crippen LogP contribution in [-0.4, -0.2) is 60.5 Å². The standard InChI is InChI=1S/C12H19N3O5S2/c1-14-21(16,17)11-2-4-12(5-3-11)22(18,19)15-6-7-20-10(8-13)9-15/h2-5,10,14H,6-9,13H2,1H3. The van der Waals surface area contributed by atoms with Gasteiger partial charge in [-0.25, -0.2) is 21.6 Å². The zero-order chi connectivity index (χ0) is 16.4. The van der Waals surface area contributed by atoms with E-state index in [0.717, 1.165) is 0 Å². The largest absolute Gasteiger partial charge is 0.374 e. The molecule has 8 nitrogen and oxygen atoms in total. The van der Waals surface area contributed by atoms with Crippen LogP contribution >= 0.6 is 0 Å². The highest BCUT2D eigenvalue weighted by Gasteiger charge is 2.30. The Kier molecular flexibility index (Phi) is 5.20. The van der Waals surface area contributed by atoms with Gasteiger partial charge in [-0.05, 0) is 31.3 Å². The van der Waals surface area contributed by atoms with E-state index < -0.39 is 20.0 Å². The summed E-state index contributed by atoms with van der Waals surface area (Å²) in [5, 5.41) is 0. The first-order valence-electron chi connectivity index (χ1n) is 6.66. The first-order valence-corrected chi connectivity index (χ1v) is 9.59. The van der Waals surface area contributed by atoms with Crippen molar-refractivity contribution in [3.63, 3.8) is 0 Å². The van der Waals surface area contributed by atoms with Crippen molar-refractivity contribution in [3.05, 3.63) is 24.3 Å². The highest BCUT2D eigenvalue weighted by atomic mass is 32.2. The minimum atomic E-state index is -3.69. The molecule has 1 saturated heterocycles. The Morgan fingerprint density at radius 2 is 1.82 bits per heavy atom. The van der Waals surface area contributed by atoms with Crippen molar-refractivity contribution < 1.29 is 21.6 Å². The molecule has 1 fully saturated rings. The normalized spacial score (nSPS) is 20.9. The monoisotopic (exact) mass is 349 g/mol. The number of rotatable bonds is 5. The van der Waals surface area contributed by atoms with Crippen LogP contribution < -0.4 is 10.5 Å². The molecule has 3 N–H and O–H groups in total. The number of hydrogen-bond acceptors (Lipinski definition) is 6. The second-order valence-electron chi connectivity index (χ2n) is 4.77. The molecule has 0 radical (unpaired) electrons. The average Bonchev–Trinajstić information content (AvgIpc) is 2.55. The third-order valence-corrected chi connectivity index (χ3v) is 6.71. The molecule has 0 amide bonds. The van der Waals surface area contributed by atoms with Crippen LogP contribution in [0.4, 0.5) is 0 Å². The summed E-state index contributed by atoms with van der Waals surface area (Å²) in [5.41, 5.74) is 5.51. The van der Waals surface area contributed by atoms with Gasteiger partial charge in [-0.3, -0.25) is 0 Å². The molecule has 2 rings (SSSR count). The number of nitrogens with two attached hydrogens (primary N) is 1. The zero-order valence-electron chi connectivity index (χ0n) is 12.1. The quantitative estimate of drug-likeness (QED) is 0.700. The minimum Gasteiger partial charge on any atom is -0.374 e. The van der Waals surface area contributed by atoms with Crippen LogP contribution in [0.15, 0.2) is 34.1 Å². The van der Waals surface area contributed by atoms with Gasteiger partial charge in [0.25, 0.3) is 0 Å². The van der Waals surface area contributed by atoms with Gasteiger partial charge >= 0.3 is 0 Å². The SMILES string of the molecule is CNS(=O)(=O)c1ccc(S(=O)(=O)N2CCOC(CN)C2)cc1. The van der Waals surface area contributed by atoms with Gasteiger partial charge in [-0.2, -0.15) is 4.31 Å². The molecule has 124 valence electrons. The lowest BCUT2D eigenvalue weighted by atomic mass is 10.3. The van der Waals surface area contributed by atoms with Crippen molar-refractivity contribution in [2.75, 3.05) is 33.3 Å². The van der Waals surface area contributed by atoms with E-state index in [4.69, 9.17) is 10.5 Å². The molecular formula is C12H19N3O5S2. The lowest BCUT2D eigenvalue weighted by Gasteiger charge is -2.31. The van der Waals surface area contributed by atoms with Gasteiger partial charge in [-0.1, -0.05) is 0 Å². The predicted octanol–water partition coefficient (Wildman–Crippen LogP) is -1.06. The number of nitrogens with zero attached hydrogens (tertiary/aromatic N) is 1. The summed E-state index contributed by atoms with van der Waals surface area (Å²) >= 11 is 0. The molecule has 0 aromatic heterocycles. The lowest BCUT2D eigenvalue weighted by Crippen LogP contribution is -2.48. The molecule has 22 heavy (non-hydrogen) atoms. The third kappa shape index (κ3) is 3.47. The summed E-state index contributed by atoms with van der Waals surface area (Å²) in [4.78, 5) is 0.0518. The fourth-order valence-electron chi connectivity index (χ4n) is 2.11. The van der Waals surface area contributed by atoms with Gasteiger partial charge in [0.1, 0.15) is 0 Å². The van der Waals surface area contributed by atoms with Gasteiger partial charge in [-0.15, -0.1) is 0 Å². The first kappa shape index (κ1) is 17.3. The van der Waals surface area contributed by atoms with Crippen molar-refractivity contribution in [1.82, 2.24) is 9.03 Å². The molecule has 1 aliphatic rings. The Labute approximate surface area is 130 Å². The number of sulfonamides is 2. The molecule has 0 spiro atoms. The van der Waals surface area contributed by atoms with E-state index in [9.17, 15) is 16.8 Å². The molecule has 1 heterocycles. The summed E-state index contributed by atoms with van der Waals surface area (Å²) in [5.74, 6) is 0. The van der Waals surface area contributed by atoms with Gasteiger partial charge in [0.2, 0.25) is 20.0 Å². The van der Waals surface area contributed by atoms with E-state index in [1.54, 1.807) is 0 Å². The van der Waals surface area contributed by atoms with Crippen LogP contribution in [0.2, 0.25) is 0 Å². The minimum absolute atomic E-state index is 0.00997. The molecule has 1 unspecified atom stereocenters. The van der Waals surface area contributed by atoms with Crippen molar-refractivity contribution in [2.45, 2.75) is 15.9 Å². The Bertz CT molecular complexity index is 716. The van der Waals surface area contributed by atoms with E-state index in [2.05, 4.69) is 4.72 Å². The number of nitrogens with one attached hydrogen (secondary N) is 1. The van der Waals surface area contributed by atoms with Crippen molar-refractivity contribution in [2.24, 2.45) is 5.73 Å². The number of morpholine rings is 1. The first-order chi connectivity index (χ1) is 10.3. The van der Waals surface area contributed by atoms with E-state index in [-0.39, 0.29) is 42.1 Å². The summed E-state index contributed by atoms with van der Waals surface area (Å²) in [6, 6.07) is 5.10. The van der Waals surface area contributed by atoms with E-state index in [1.807, 2.05) is 0 Å². The Hall–Kier alpha value is -1.04. The van der Waals surface area contributed by atoms with Crippen LogP contribution in [0.1, 0.15) is 0 Å². The van der Waals surface area contributed by atoms with Gasteiger partial charge in [0.15, 0.2) is 0 Å². The maximum absolute atomic E-state index is 12.5. The van der Waals surface area contributed by atoms with E-state index >= 15 is 0 Å². The van der Waals surface area contributed by atoms with Crippen LogP contribution in [-0.2, 0) is 24.8 Å². The van der Waals surface area contributed by atoms with Gasteiger partial charge in [0, 0.05) is 19.6 Å². The molecule has 1 aromatic carbocycles. The maximum atomic E-state index is 12.5. The van der Waals surface area contributed by atoms with Gasteiger partial charge in [0.05, 0.1) is 22.5 Å². The maximum Gasteiger partial charge on any atom is 0.243 e. The number of ether oxygens (including phenoxy) is 1. The second-order valence-corrected chi connectivity index (χ2v) is 8.59. The molecule has 10 heteroatoms. The van der Waals surface area contributed by atoms with E-state index in [0.29, 0.717) is 0 Å². The second kappa shape index (κ2) is 6.60. The van der Waals surface area contributed by atoms with Crippen LogP contribution in [0.3, 0.4) is 0 Å². The predicted molar refractivity (Wildman–Crippen MR) is 80.2 cm³/mol. The molecule has 1 aromatic rings. The third-order valence-electron chi connectivity index (χ3n) is 3.40. The summed E-state index contributed by atoms with van der Waals surface area (Å²) < 4.78 is 57.2.